The fourth-order valence-electron chi connectivity index (χ4n) is 0.922. The first-order valence-electron chi connectivity index (χ1n) is 3.67. The molecule has 2 nitrogen and oxygen atoms in total. The maximum Gasteiger partial charge on any atom is 0.280 e. The summed E-state index contributed by atoms with van der Waals surface area (Å²) in [5, 5.41) is 0.504. The molecule has 6 heteroatoms. The number of aromatic nitrogens is 1. The molecule has 1 aromatic heterocycles. The minimum Gasteiger partial charge on any atom is -0.480 e. The average Bonchev–Trinajstić information content (AvgIpc) is 2.17. The summed E-state index contributed by atoms with van der Waals surface area (Å²) in [5.74, 6) is 0.248. The van der Waals surface area contributed by atoms with Crippen LogP contribution in [-0.4, -0.2) is 12.1 Å². The summed E-state index contributed by atoms with van der Waals surface area (Å²) in [6.45, 7) is 0. The van der Waals surface area contributed by atoms with Crippen LogP contribution in [0.25, 0.3) is 0 Å². The Balaban J connectivity index is 3.25. The molecule has 0 aliphatic heterocycles. The van der Waals surface area contributed by atoms with Crippen LogP contribution in [0.5, 0.6) is 5.88 Å². The van der Waals surface area contributed by atoms with Gasteiger partial charge in [-0.2, -0.15) is 0 Å². The first-order chi connectivity index (χ1) is 6.60. The lowest BCUT2D eigenvalue weighted by Crippen LogP contribution is -2.00. The van der Waals surface area contributed by atoms with Gasteiger partial charge < -0.3 is 4.74 Å². The first-order valence-corrected chi connectivity index (χ1v) is 5.87. The monoisotopic (exact) mass is 377 g/mol. The molecule has 0 saturated heterocycles. The summed E-state index contributed by atoms with van der Waals surface area (Å²) in [7, 11) is 1.41. The number of methoxy groups -OCH3 is 1. The fourth-order valence-corrected chi connectivity index (χ4v) is 2.58. The van der Waals surface area contributed by atoms with Crippen molar-refractivity contribution >= 4 is 38.5 Å². The van der Waals surface area contributed by atoms with Gasteiger partial charge in [0.15, 0.2) is 0 Å². The van der Waals surface area contributed by atoms with Gasteiger partial charge in [0.05, 0.1) is 10.7 Å². The molecule has 0 amide bonds. The molecule has 14 heavy (non-hydrogen) atoms. The Morgan fingerprint density at radius 2 is 2.29 bits per heavy atom. The number of hydrogen-bond donors (Lipinski definition) is 0. The van der Waals surface area contributed by atoms with Crippen LogP contribution >= 0.6 is 38.5 Å². The summed E-state index contributed by atoms with van der Waals surface area (Å²) in [6.07, 6.45) is -2.57. The molecule has 1 heterocycles. The van der Waals surface area contributed by atoms with Crippen LogP contribution in [-0.2, 0) is 5.33 Å². The van der Waals surface area contributed by atoms with Crippen LogP contribution in [0.15, 0.2) is 6.07 Å². The maximum absolute atomic E-state index is 12.4. The van der Waals surface area contributed by atoms with Crippen LogP contribution < -0.4 is 4.74 Å². The highest BCUT2D eigenvalue weighted by Crippen LogP contribution is 2.28. The highest BCUT2D eigenvalue weighted by molar-refractivity contribution is 14.1. The van der Waals surface area contributed by atoms with E-state index < -0.39 is 6.43 Å². The van der Waals surface area contributed by atoms with Crippen LogP contribution in [0.1, 0.15) is 17.7 Å². The largest absolute Gasteiger partial charge is 0.480 e. The lowest BCUT2D eigenvalue weighted by molar-refractivity contribution is 0.145. The molecule has 0 aromatic carbocycles. The quantitative estimate of drug-likeness (QED) is 0.594. The zero-order valence-electron chi connectivity index (χ0n) is 7.23. The lowest BCUT2D eigenvalue weighted by atomic mass is 10.2. The van der Waals surface area contributed by atoms with Gasteiger partial charge >= 0.3 is 0 Å². The topological polar surface area (TPSA) is 22.1 Å². The predicted molar refractivity (Wildman–Crippen MR) is 61.1 cm³/mol. The highest BCUT2D eigenvalue weighted by atomic mass is 127. The van der Waals surface area contributed by atoms with Gasteiger partial charge in [0, 0.05) is 5.33 Å². The van der Waals surface area contributed by atoms with Crippen molar-refractivity contribution in [2.24, 2.45) is 0 Å². The smallest absolute Gasteiger partial charge is 0.280 e. The van der Waals surface area contributed by atoms with E-state index in [1.165, 1.54) is 13.2 Å². The van der Waals surface area contributed by atoms with Gasteiger partial charge in [-0.3, -0.25) is 0 Å². The Morgan fingerprint density at radius 1 is 1.64 bits per heavy atom. The van der Waals surface area contributed by atoms with E-state index in [1.807, 2.05) is 22.6 Å². The molecule has 0 aliphatic rings. The summed E-state index contributed by atoms with van der Waals surface area (Å²) >= 11 is 5.24. The number of rotatable bonds is 3. The number of ether oxygens (including phenoxy) is 1. The van der Waals surface area contributed by atoms with Gasteiger partial charge in [0.1, 0.15) is 5.69 Å². The van der Waals surface area contributed by atoms with Crippen LogP contribution in [0.4, 0.5) is 8.78 Å². The van der Waals surface area contributed by atoms with Crippen molar-refractivity contribution in [3.05, 3.63) is 20.9 Å². The molecule has 0 bridgehead atoms. The molecule has 0 saturated carbocycles. The highest BCUT2D eigenvalue weighted by Gasteiger charge is 2.15. The van der Waals surface area contributed by atoms with E-state index in [4.69, 9.17) is 4.74 Å². The minimum absolute atomic E-state index is 0.248. The SMILES string of the molecule is COc1nc(C(F)F)cc(CBr)c1I. The van der Waals surface area contributed by atoms with E-state index in [2.05, 4.69) is 20.9 Å². The summed E-state index contributed by atoms with van der Waals surface area (Å²) in [5.41, 5.74) is 0.504. The minimum atomic E-state index is -2.57. The van der Waals surface area contributed by atoms with Crippen molar-refractivity contribution in [2.75, 3.05) is 7.11 Å². The third kappa shape index (κ3) is 2.53. The second kappa shape index (κ2) is 5.20. The van der Waals surface area contributed by atoms with E-state index in [-0.39, 0.29) is 11.6 Å². The predicted octanol–water partition coefficient (Wildman–Crippen LogP) is 3.53. The zero-order valence-corrected chi connectivity index (χ0v) is 11.0. The first kappa shape index (κ1) is 12.1. The Bertz CT molecular complexity index is 310. The summed E-state index contributed by atoms with van der Waals surface area (Å²) in [4.78, 5) is 3.70. The Hall–Kier alpha value is 0.0200. The Morgan fingerprint density at radius 3 is 2.71 bits per heavy atom. The summed E-state index contributed by atoms with van der Waals surface area (Å²) < 4.78 is 30.5. The van der Waals surface area contributed by atoms with Crippen molar-refractivity contribution in [2.45, 2.75) is 11.8 Å². The number of alkyl halides is 3. The molecule has 1 aromatic rings. The van der Waals surface area contributed by atoms with Crippen LogP contribution in [0.3, 0.4) is 0 Å². The standard InChI is InChI=1S/C8H7BrF2INO/c1-14-8-6(12)4(3-9)2-5(13-8)7(10)11/h2,7H,3H2,1H3. The molecule has 0 fully saturated rings. The van der Waals surface area contributed by atoms with Crippen molar-refractivity contribution in [3.63, 3.8) is 0 Å². The lowest BCUT2D eigenvalue weighted by Gasteiger charge is -2.08. The fraction of sp³-hybridized carbons (Fsp3) is 0.375. The molecule has 1 rings (SSSR count). The van der Waals surface area contributed by atoms with Gasteiger partial charge in [0.2, 0.25) is 5.88 Å². The van der Waals surface area contributed by atoms with E-state index in [9.17, 15) is 8.78 Å². The van der Waals surface area contributed by atoms with Crippen molar-refractivity contribution < 1.29 is 13.5 Å². The third-order valence-corrected chi connectivity index (χ3v) is 3.34. The molecule has 78 valence electrons. The molecule has 0 unspecified atom stereocenters. The average molecular weight is 378 g/mol. The van der Waals surface area contributed by atoms with E-state index in [0.717, 1.165) is 9.13 Å². The van der Waals surface area contributed by atoms with Gasteiger partial charge in [0.25, 0.3) is 6.43 Å². The normalized spacial score (nSPS) is 10.7. The van der Waals surface area contributed by atoms with Crippen LogP contribution in [0.2, 0.25) is 0 Å². The van der Waals surface area contributed by atoms with Gasteiger partial charge in [-0.1, -0.05) is 15.9 Å². The molecular weight excluding hydrogens is 371 g/mol. The molecular formula is C8H7BrF2INO. The number of pyridine rings is 1. The Kier molecular flexibility index (Phi) is 4.49. The van der Waals surface area contributed by atoms with E-state index >= 15 is 0 Å². The number of halogens is 4. The zero-order chi connectivity index (χ0) is 10.7. The van der Waals surface area contributed by atoms with Crippen molar-refractivity contribution in [1.82, 2.24) is 4.98 Å². The molecule has 0 atom stereocenters. The van der Waals surface area contributed by atoms with Gasteiger partial charge in [-0.05, 0) is 34.2 Å². The van der Waals surface area contributed by atoms with E-state index in [1.54, 1.807) is 0 Å². The second-order valence-electron chi connectivity index (χ2n) is 2.46. The molecule has 0 radical (unpaired) electrons. The molecule has 0 spiro atoms. The number of nitrogens with zero attached hydrogens (tertiary/aromatic N) is 1. The van der Waals surface area contributed by atoms with E-state index in [0.29, 0.717) is 5.33 Å². The van der Waals surface area contributed by atoms with Gasteiger partial charge in [-0.15, -0.1) is 0 Å². The molecule has 0 N–H and O–H groups in total. The maximum atomic E-state index is 12.4. The van der Waals surface area contributed by atoms with Gasteiger partial charge in [-0.25, -0.2) is 13.8 Å². The molecule has 0 aliphatic carbocycles. The van der Waals surface area contributed by atoms with Crippen molar-refractivity contribution in [3.8, 4) is 5.88 Å². The third-order valence-electron chi connectivity index (χ3n) is 1.58. The van der Waals surface area contributed by atoms with Crippen molar-refractivity contribution in [1.29, 1.82) is 0 Å². The second-order valence-corrected chi connectivity index (χ2v) is 4.10. The van der Waals surface area contributed by atoms with Crippen LogP contribution in [0, 0.1) is 3.57 Å². The number of hydrogen-bond acceptors (Lipinski definition) is 2. The Labute approximate surface area is 102 Å². The summed E-state index contributed by atoms with van der Waals surface area (Å²) in [6, 6.07) is 1.38.